The van der Waals surface area contributed by atoms with E-state index in [2.05, 4.69) is 24.5 Å². The largest absolute Gasteiger partial charge is 0.497 e. The molecule has 0 fully saturated rings. The molecule has 0 spiro atoms. The molecular weight excluding hydrogens is 408 g/mol. The lowest BCUT2D eigenvalue weighted by molar-refractivity contribution is -0.124. The van der Waals surface area contributed by atoms with Crippen molar-refractivity contribution in [1.29, 1.82) is 0 Å². The fourth-order valence-electron chi connectivity index (χ4n) is 2.96. The van der Waals surface area contributed by atoms with E-state index in [-0.39, 0.29) is 17.7 Å². The molecule has 0 aliphatic rings. The normalized spacial score (nSPS) is 11.8. The van der Waals surface area contributed by atoms with Crippen LogP contribution in [0, 0.1) is 11.8 Å². The second kappa shape index (κ2) is 12.0. The van der Waals surface area contributed by atoms with Crippen molar-refractivity contribution in [2.75, 3.05) is 20.8 Å². The summed E-state index contributed by atoms with van der Waals surface area (Å²) < 4.78 is 16.1. The maximum Gasteiger partial charge on any atom is 0.252 e. The standard InChI is InChI=1S/C25H34N2O5/c1-16(2)15-32-20-9-7-18(8-10-20)14-26-25(29)23(17(3)4)27-24(28)19-11-21(30-5)13-22(12-19)31-6/h7-13,16-17,23H,14-15H2,1-6H3,(H,26,29)(H,27,28). The summed E-state index contributed by atoms with van der Waals surface area (Å²) in [5, 5.41) is 5.73. The average molecular weight is 443 g/mol. The van der Waals surface area contributed by atoms with Crippen LogP contribution in [0.25, 0.3) is 0 Å². The van der Waals surface area contributed by atoms with Crippen LogP contribution in [0.5, 0.6) is 17.2 Å². The zero-order chi connectivity index (χ0) is 23.7. The molecule has 2 N–H and O–H groups in total. The van der Waals surface area contributed by atoms with Crippen LogP contribution in [0.1, 0.15) is 43.6 Å². The predicted octanol–water partition coefficient (Wildman–Crippen LogP) is 3.81. The van der Waals surface area contributed by atoms with E-state index in [0.717, 1.165) is 11.3 Å². The molecule has 0 bridgehead atoms. The highest BCUT2D eigenvalue weighted by Gasteiger charge is 2.25. The van der Waals surface area contributed by atoms with Crippen molar-refractivity contribution in [3.63, 3.8) is 0 Å². The highest BCUT2D eigenvalue weighted by Crippen LogP contribution is 2.22. The Hall–Kier alpha value is -3.22. The SMILES string of the molecule is COc1cc(OC)cc(C(=O)NC(C(=O)NCc2ccc(OCC(C)C)cc2)C(C)C)c1. The first-order chi connectivity index (χ1) is 15.2. The van der Waals surface area contributed by atoms with Gasteiger partial charge in [0.05, 0.1) is 20.8 Å². The van der Waals surface area contributed by atoms with Crippen molar-refractivity contribution in [2.45, 2.75) is 40.3 Å². The van der Waals surface area contributed by atoms with Gasteiger partial charge in [-0.2, -0.15) is 0 Å². The smallest absolute Gasteiger partial charge is 0.252 e. The van der Waals surface area contributed by atoms with E-state index < -0.39 is 6.04 Å². The number of amides is 2. The van der Waals surface area contributed by atoms with Gasteiger partial charge in [0.25, 0.3) is 5.91 Å². The minimum absolute atomic E-state index is 0.0988. The molecule has 0 saturated carbocycles. The number of carbonyl (C=O) groups excluding carboxylic acids is 2. The van der Waals surface area contributed by atoms with Crippen LogP contribution < -0.4 is 24.8 Å². The topological polar surface area (TPSA) is 85.9 Å². The van der Waals surface area contributed by atoms with Gasteiger partial charge in [0, 0.05) is 18.2 Å². The van der Waals surface area contributed by atoms with Crippen molar-refractivity contribution in [1.82, 2.24) is 10.6 Å². The first-order valence-corrected chi connectivity index (χ1v) is 10.8. The van der Waals surface area contributed by atoms with Crippen LogP contribution >= 0.6 is 0 Å². The van der Waals surface area contributed by atoms with Gasteiger partial charge in [-0.3, -0.25) is 9.59 Å². The van der Waals surface area contributed by atoms with Gasteiger partial charge in [0.1, 0.15) is 23.3 Å². The summed E-state index contributed by atoms with van der Waals surface area (Å²) in [6, 6.07) is 11.8. The third kappa shape index (κ3) is 7.48. The molecule has 2 rings (SSSR count). The number of rotatable bonds is 11. The average Bonchev–Trinajstić information content (AvgIpc) is 2.79. The third-order valence-electron chi connectivity index (χ3n) is 4.82. The summed E-state index contributed by atoms with van der Waals surface area (Å²) in [7, 11) is 3.04. The third-order valence-corrected chi connectivity index (χ3v) is 4.82. The van der Waals surface area contributed by atoms with Gasteiger partial charge in [0.15, 0.2) is 0 Å². The predicted molar refractivity (Wildman–Crippen MR) is 124 cm³/mol. The molecule has 0 aliphatic carbocycles. The summed E-state index contributed by atoms with van der Waals surface area (Å²) in [6.07, 6.45) is 0. The van der Waals surface area contributed by atoms with Crippen LogP contribution in [0.15, 0.2) is 42.5 Å². The van der Waals surface area contributed by atoms with Gasteiger partial charge in [-0.15, -0.1) is 0 Å². The Morgan fingerprint density at radius 3 is 1.97 bits per heavy atom. The van der Waals surface area contributed by atoms with Crippen LogP contribution in [-0.2, 0) is 11.3 Å². The van der Waals surface area contributed by atoms with Crippen LogP contribution in [0.2, 0.25) is 0 Å². The summed E-state index contributed by atoms with van der Waals surface area (Å²) in [5.41, 5.74) is 1.30. The Labute approximate surface area is 190 Å². The molecule has 174 valence electrons. The highest BCUT2D eigenvalue weighted by molar-refractivity contribution is 5.98. The number of carbonyl (C=O) groups is 2. The van der Waals surface area contributed by atoms with E-state index in [1.807, 2.05) is 38.1 Å². The van der Waals surface area contributed by atoms with Crippen LogP contribution in [0.3, 0.4) is 0 Å². The number of benzene rings is 2. The fourth-order valence-corrected chi connectivity index (χ4v) is 2.96. The minimum atomic E-state index is -0.687. The lowest BCUT2D eigenvalue weighted by atomic mass is 10.0. The summed E-state index contributed by atoms with van der Waals surface area (Å²) in [5.74, 6) is 1.54. The van der Waals surface area contributed by atoms with E-state index in [0.29, 0.717) is 36.1 Å². The number of hydrogen-bond acceptors (Lipinski definition) is 5. The first kappa shape index (κ1) is 25.0. The number of nitrogens with one attached hydrogen (secondary N) is 2. The van der Waals surface area contributed by atoms with Gasteiger partial charge in [0.2, 0.25) is 5.91 Å². The Kier molecular flexibility index (Phi) is 9.38. The molecule has 2 aromatic carbocycles. The van der Waals surface area contributed by atoms with Crippen molar-refractivity contribution in [2.24, 2.45) is 11.8 Å². The van der Waals surface area contributed by atoms with E-state index in [4.69, 9.17) is 14.2 Å². The zero-order valence-corrected chi connectivity index (χ0v) is 19.7. The Bertz CT molecular complexity index is 871. The molecule has 2 amide bonds. The summed E-state index contributed by atoms with van der Waals surface area (Å²) >= 11 is 0. The van der Waals surface area contributed by atoms with Crippen molar-refractivity contribution >= 4 is 11.8 Å². The highest BCUT2D eigenvalue weighted by atomic mass is 16.5. The Morgan fingerprint density at radius 2 is 1.47 bits per heavy atom. The quantitative estimate of drug-likeness (QED) is 0.553. The molecule has 0 heterocycles. The zero-order valence-electron chi connectivity index (χ0n) is 19.7. The second-order valence-corrected chi connectivity index (χ2v) is 8.36. The summed E-state index contributed by atoms with van der Waals surface area (Å²) in [4.78, 5) is 25.6. The molecule has 0 aromatic heterocycles. The lowest BCUT2D eigenvalue weighted by Gasteiger charge is -2.22. The molecule has 0 aliphatic heterocycles. The van der Waals surface area contributed by atoms with E-state index in [1.165, 1.54) is 14.2 Å². The maximum absolute atomic E-state index is 12.8. The summed E-state index contributed by atoms with van der Waals surface area (Å²) in [6.45, 7) is 8.98. The van der Waals surface area contributed by atoms with E-state index in [1.54, 1.807) is 18.2 Å². The first-order valence-electron chi connectivity index (χ1n) is 10.8. The van der Waals surface area contributed by atoms with E-state index in [9.17, 15) is 9.59 Å². The number of hydrogen-bond donors (Lipinski definition) is 2. The van der Waals surface area contributed by atoms with Crippen molar-refractivity contribution in [3.05, 3.63) is 53.6 Å². The molecule has 0 saturated heterocycles. The molecule has 7 heteroatoms. The molecule has 2 aromatic rings. The van der Waals surface area contributed by atoms with Gasteiger partial charge in [-0.25, -0.2) is 0 Å². The second-order valence-electron chi connectivity index (χ2n) is 8.36. The molecule has 32 heavy (non-hydrogen) atoms. The maximum atomic E-state index is 12.8. The Morgan fingerprint density at radius 1 is 0.875 bits per heavy atom. The van der Waals surface area contributed by atoms with Gasteiger partial charge in [-0.05, 0) is 41.7 Å². The van der Waals surface area contributed by atoms with Gasteiger partial charge in [-0.1, -0.05) is 39.8 Å². The van der Waals surface area contributed by atoms with Crippen LogP contribution in [-0.4, -0.2) is 38.7 Å². The van der Waals surface area contributed by atoms with E-state index >= 15 is 0 Å². The number of methoxy groups -OCH3 is 2. The lowest BCUT2D eigenvalue weighted by Crippen LogP contribution is -2.49. The Balaban J connectivity index is 2.00. The fraction of sp³-hybridized carbons (Fsp3) is 0.440. The minimum Gasteiger partial charge on any atom is -0.497 e. The molecular formula is C25H34N2O5. The van der Waals surface area contributed by atoms with Crippen molar-refractivity contribution in [3.8, 4) is 17.2 Å². The monoisotopic (exact) mass is 442 g/mol. The molecule has 1 unspecified atom stereocenters. The number of ether oxygens (including phenoxy) is 3. The van der Waals surface area contributed by atoms with Gasteiger partial charge < -0.3 is 24.8 Å². The van der Waals surface area contributed by atoms with Gasteiger partial charge >= 0.3 is 0 Å². The molecule has 7 nitrogen and oxygen atoms in total. The molecule has 1 atom stereocenters. The van der Waals surface area contributed by atoms with Crippen molar-refractivity contribution < 1.29 is 23.8 Å². The molecule has 0 radical (unpaired) electrons. The van der Waals surface area contributed by atoms with Crippen LogP contribution in [0.4, 0.5) is 0 Å².